The molecule has 1 amide bonds. The van der Waals surface area contributed by atoms with Gasteiger partial charge in [0.15, 0.2) is 0 Å². The van der Waals surface area contributed by atoms with Crippen molar-refractivity contribution in [2.24, 2.45) is 0 Å². The second kappa shape index (κ2) is 6.32. The van der Waals surface area contributed by atoms with Gasteiger partial charge in [0, 0.05) is 6.54 Å². The van der Waals surface area contributed by atoms with E-state index in [-0.39, 0.29) is 11.9 Å². The van der Waals surface area contributed by atoms with Gasteiger partial charge < -0.3 is 14.6 Å². The van der Waals surface area contributed by atoms with Crippen LogP contribution in [0.4, 0.5) is 0 Å². The zero-order chi connectivity index (χ0) is 15.5. The molecule has 5 nitrogen and oxygen atoms in total. The maximum atomic E-state index is 12.6. The molecule has 0 aliphatic carbocycles. The number of imidazole rings is 1. The molecule has 1 aromatic heterocycles. The van der Waals surface area contributed by atoms with E-state index < -0.39 is 6.10 Å². The van der Waals surface area contributed by atoms with Crippen LogP contribution in [0.25, 0.3) is 11.0 Å². The van der Waals surface area contributed by atoms with Crippen LogP contribution in [0.1, 0.15) is 31.6 Å². The summed E-state index contributed by atoms with van der Waals surface area (Å²) in [5, 5.41) is 0. The number of para-hydroxylation sites is 2. The van der Waals surface area contributed by atoms with E-state index in [0.29, 0.717) is 6.61 Å². The van der Waals surface area contributed by atoms with Crippen LogP contribution in [0.15, 0.2) is 36.9 Å². The van der Waals surface area contributed by atoms with Gasteiger partial charge in [-0.3, -0.25) is 4.79 Å². The number of fused-ring (bicyclic) bond motifs is 1. The van der Waals surface area contributed by atoms with E-state index in [4.69, 9.17) is 4.74 Å². The molecule has 22 heavy (non-hydrogen) atoms. The molecular weight excluding hydrogens is 278 g/mol. The number of amides is 1. The highest BCUT2D eigenvalue weighted by atomic mass is 16.5. The predicted molar refractivity (Wildman–Crippen MR) is 85.4 cm³/mol. The van der Waals surface area contributed by atoms with Gasteiger partial charge in [0.2, 0.25) is 0 Å². The molecule has 1 fully saturated rings. The topological polar surface area (TPSA) is 58.2 Å². The number of carbonyl (C=O) groups excluding carboxylic acids is 1. The maximum absolute atomic E-state index is 12.6. The Hall–Kier alpha value is -2.14. The Kier molecular flexibility index (Phi) is 4.24. The number of nitrogens with one attached hydrogen (secondary N) is 1. The fourth-order valence-corrected chi connectivity index (χ4v) is 2.96. The number of hydrogen-bond acceptors (Lipinski definition) is 3. The Bertz CT molecular complexity index is 646. The van der Waals surface area contributed by atoms with Gasteiger partial charge in [-0.2, -0.15) is 0 Å². The smallest absolute Gasteiger partial charge is 0.252 e. The average Bonchev–Trinajstić information content (AvgIpc) is 3.17. The maximum Gasteiger partial charge on any atom is 0.252 e. The summed E-state index contributed by atoms with van der Waals surface area (Å²) in [7, 11) is 0. The van der Waals surface area contributed by atoms with E-state index in [1.807, 2.05) is 29.2 Å². The number of H-pyrrole nitrogens is 1. The van der Waals surface area contributed by atoms with E-state index in [1.54, 1.807) is 13.0 Å². The van der Waals surface area contributed by atoms with Gasteiger partial charge in [0.05, 0.1) is 23.7 Å². The molecule has 0 unspecified atom stereocenters. The second-order valence-electron chi connectivity index (χ2n) is 5.59. The molecule has 2 aromatic rings. The third-order valence-electron chi connectivity index (χ3n) is 4.07. The van der Waals surface area contributed by atoms with E-state index in [2.05, 4.69) is 16.5 Å². The van der Waals surface area contributed by atoms with Gasteiger partial charge in [-0.25, -0.2) is 4.98 Å². The molecule has 1 N–H and O–H groups in total. The van der Waals surface area contributed by atoms with Gasteiger partial charge in [-0.05, 0) is 31.9 Å². The van der Waals surface area contributed by atoms with Crippen molar-refractivity contribution in [1.29, 1.82) is 0 Å². The highest BCUT2D eigenvalue weighted by molar-refractivity contribution is 5.81. The van der Waals surface area contributed by atoms with E-state index >= 15 is 0 Å². The van der Waals surface area contributed by atoms with E-state index in [9.17, 15) is 4.79 Å². The lowest BCUT2D eigenvalue weighted by atomic mass is 10.2. The number of aromatic nitrogens is 2. The van der Waals surface area contributed by atoms with Crippen LogP contribution in [0.2, 0.25) is 0 Å². The highest BCUT2D eigenvalue weighted by Crippen LogP contribution is 2.32. The minimum atomic E-state index is -0.456. The SMILES string of the molecule is C=CCO[C@@H](C)C(=O)N1CCC[C@H]1c1nc2ccccc2[nH]1. The van der Waals surface area contributed by atoms with Crippen molar-refractivity contribution in [3.05, 3.63) is 42.7 Å². The fourth-order valence-electron chi connectivity index (χ4n) is 2.96. The van der Waals surface area contributed by atoms with Crippen molar-refractivity contribution >= 4 is 16.9 Å². The molecule has 0 spiro atoms. The zero-order valence-electron chi connectivity index (χ0n) is 12.8. The lowest BCUT2D eigenvalue weighted by Crippen LogP contribution is -2.39. The summed E-state index contributed by atoms with van der Waals surface area (Å²) in [4.78, 5) is 22.4. The van der Waals surface area contributed by atoms with Crippen LogP contribution in [0.3, 0.4) is 0 Å². The third kappa shape index (κ3) is 2.76. The Balaban J connectivity index is 1.80. The van der Waals surface area contributed by atoms with Crippen molar-refractivity contribution in [3.8, 4) is 0 Å². The van der Waals surface area contributed by atoms with Crippen LogP contribution >= 0.6 is 0 Å². The lowest BCUT2D eigenvalue weighted by Gasteiger charge is -2.26. The number of rotatable bonds is 5. The van der Waals surface area contributed by atoms with Crippen molar-refractivity contribution < 1.29 is 9.53 Å². The number of benzene rings is 1. The lowest BCUT2D eigenvalue weighted by molar-refractivity contribution is -0.143. The first kappa shape index (κ1) is 14.8. The summed E-state index contributed by atoms with van der Waals surface area (Å²) < 4.78 is 5.47. The predicted octanol–water partition coefficient (Wildman–Crippen LogP) is 2.82. The zero-order valence-corrected chi connectivity index (χ0v) is 12.8. The van der Waals surface area contributed by atoms with Crippen LogP contribution in [0.5, 0.6) is 0 Å². The minimum absolute atomic E-state index is 0.00896. The van der Waals surface area contributed by atoms with Gasteiger partial charge in [-0.15, -0.1) is 6.58 Å². The van der Waals surface area contributed by atoms with Gasteiger partial charge >= 0.3 is 0 Å². The van der Waals surface area contributed by atoms with Crippen LogP contribution in [-0.4, -0.2) is 40.0 Å². The van der Waals surface area contributed by atoms with E-state index in [1.165, 1.54) is 0 Å². The summed E-state index contributed by atoms with van der Waals surface area (Å²) in [6.45, 7) is 6.54. The largest absolute Gasteiger partial charge is 0.365 e. The summed E-state index contributed by atoms with van der Waals surface area (Å²) >= 11 is 0. The first-order valence-corrected chi connectivity index (χ1v) is 7.68. The van der Waals surface area contributed by atoms with Crippen LogP contribution in [-0.2, 0) is 9.53 Å². The van der Waals surface area contributed by atoms with Crippen LogP contribution in [0, 0.1) is 0 Å². The molecule has 2 atom stereocenters. The molecule has 5 heteroatoms. The molecule has 0 saturated carbocycles. The number of hydrogen-bond donors (Lipinski definition) is 1. The average molecular weight is 299 g/mol. The van der Waals surface area contributed by atoms with Crippen molar-refractivity contribution in [3.63, 3.8) is 0 Å². The van der Waals surface area contributed by atoms with Crippen molar-refractivity contribution in [1.82, 2.24) is 14.9 Å². The van der Waals surface area contributed by atoms with Crippen LogP contribution < -0.4 is 0 Å². The molecule has 1 aromatic carbocycles. The van der Waals surface area contributed by atoms with Crippen molar-refractivity contribution in [2.75, 3.05) is 13.2 Å². The van der Waals surface area contributed by atoms with Crippen molar-refractivity contribution in [2.45, 2.75) is 31.9 Å². The minimum Gasteiger partial charge on any atom is -0.365 e. The Morgan fingerprint density at radius 2 is 2.41 bits per heavy atom. The van der Waals surface area contributed by atoms with E-state index in [0.717, 1.165) is 36.2 Å². The Labute approximate surface area is 130 Å². The monoisotopic (exact) mass is 299 g/mol. The Morgan fingerprint density at radius 1 is 1.59 bits per heavy atom. The number of aromatic amines is 1. The summed E-state index contributed by atoms with van der Waals surface area (Å²) in [6, 6.07) is 7.94. The molecular formula is C17H21N3O2. The third-order valence-corrected chi connectivity index (χ3v) is 4.07. The quantitative estimate of drug-likeness (QED) is 0.864. The summed E-state index contributed by atoms with van der Waals surface area (Å²) in [6.07, 6.45) is 3.12. The summed E-state index contributed by atoms with van der Waals surface area (Å²) in [5.74, 6) is 0.882. The Morgan fingerprint density at radius 3 is 3.18 bits per heavy atom. The normalized spacial score (nSPS) is 19.5. The standard InChI is InChI=1S/C17H21N3O2/c1-3-11-22-12(2)17(21)20-10-6-9-15(20)16-18-13-7-4-5-8-14(13)19-16/h3-5,7-8,12,15H,1,6,9-11H2,2H3,(H,18,19)/t12-,15-/m0/s1. The fraction of sp³-hybridized carbons (Fsp3) is 0.412. The molecule has 3 rings (SSSR count). The molecule has 0 radical (unpaired) electrons. The highest BCUT2D eigenvalue weighted by Gasteiger charge is 2.34. The number of ether oxygens (including phenoxy) is 1. The molecule has 116 valence electrons. The number of nitrogens with zero attached hydrogens (tertiary/aromatic N) is 2. The molecule has 2 heterocycles. The molecule has 0 bridgehead atoms. The van der Waals surface area contributed by atoms with Gasteiger partial charge in [0.1, 0.15) is 11.9 Å². The molecule has 1 saturated heterocycles. The molecule has 1 aliphatic rings. The molecule has 1 aliphatic heterocycles. The van der Waals surface area contributed by atoms with Gasteiger partial charge in [0.25, 0.3) is 5.91 Å². The first-order chi connectivity index (χ1) is 10.7. The summed E-state index contributed by atoms with van der Waals surface area (Å²) in [5.41, 5.74) is 1.94. The number of carbonyl (C=O) groups is 1. The number of likely N-dealkylation sites (tertiary alicyclic amines) is 1. The van der Waals surface area contributed by atoms with Gasteiger partial charge in [-0.1, -0.05) is 18.2 Å². The second-order valence-corrected chi connectivity index (χ2v) is 5.59. The first-order valence-electron chi connectivity index (χ1n) is 7.68.